The number of carbonyl (C=O) groups excluding carboxylic acids is 2. The number of anilines is 1. The molecule has 30 heavy (non-hydrogen) atoms. The van der Waals surface area contributed by atoms with E-state index in [4.69, 9.17) is 0 Å². The molecule has 0 spiro atoms. The first-order chi connectivity index (χ1) is 14.6. The van der Waals surface area contributed by atoms with E-state index < -0.39 is 0 Å². The molecule has 2 aromatic rings. The van der Waals surface area contributed by atoms with Gasteiger partial charge in [0.05, 0.1) is 4.91 Å². The quantitative estimate of drug-likeness (QED) is 0.768. The number of hydrogen-bond acceptors (Lipinski definition) is 5. The molecule has 2 aliphatic heterocycles. The topological polar surface area (TPSA) is 65.0 Å². The Morgan fingerprint density at radius 3 is 2.43 bits per heavy atom. The van der Waals surface area contributed by atoms with E-state index in [0.717, 1.165) is 49.1 Å². The van der Waals surface area contributed by atoms with Crippen LogP contribution >= 0.6 is 11.8 Å². The molecule has 7 heteroatoms. The average molecular weight is 421 g/mol. The maximum absolute atomic E-state index is 12.4. The van der Waals surface area contributed by atoms with Gasteiger partial charge in [-0.2, -0.15) is 4.99 Å². The second kappa shape index (κ2) is 9.28. The molecule has 1 saturated heterocycles. The van der Waals surface area contributed by atoms with E-state index in [9.17, 15) is 9.59 Å². The lowest BCUT2D eigenvalue weighted by molar-refractivity contribution is -0.114. The van der Waals surface area contributed by atoms with Crippen LogP contribution in [0.2, 0.25) is 0 Å². The molecular formula is C23H24N4O2S. The highest BCUT2D eigenvalue weighted by Crippen LogP contribution is 2.31. The highest BCUT2D eigenvalue weighted by atomic mass is 32.2. The third-order valence-corrected chi connectivity index (χ3v) is 6.07. The van der Waals surface area contributed by atoms with E-state index >= 15 is 0 Å². The van der Waals surface area contributed by atoms with Gasteiger partial charge < -0.3 is 10.2 Å². The minimum absolute atomic E-state index is 0.107. The average Bonchev–Trinajstić information content (AvgIpc) is 3.11. The maximum Gasteiger partial charge on any atom is 0.286 e. The van der Waals surface area contributed by atoms with E-state index in [0.29, 0.717) is 4.91 Å². The maximum atomic E-state index is 12.4. The fourth-order valence-electron chi connectivity index (χ4n) is 3.49. The third kappa shape index (κ3) is 5.17. The first-order valence-corrected chi connectivity index (χ1v) is 10.8. The summed E-state index contributed by atoms with van der Waals surface area (Å²) in [6, 6.07) is 17.9. The molecule has 1 fully saturated rings. The van der Waals surface area contributed by atoms with Crippen molar-refractivity contribution >= 4 is 40.5 Å². The van der Waals surface area contributed by atoms with Crippen LogP contribution in [0.15, 0.2) is 64.5 Å². The van der Waals surface area contributed by atoms with Crippen molar-refractivity contribution in [3.63, 3.8) is 0 Å². The van der Waals surface area contributed by atoms with Gasteiger partial charge in [-0.3, -0.25) is 14.5 Å². The molecule has 0 radical (unpaired) electrons. The number of piperazine rings is 1. The van der Waals surface area contributed by atoms with Gasteiger partial charge in [-0.05, 0) is 41.1 Å². The zero-order chi connectivity index (χ0) is 20.9. The minimum atomic E-state index is -0.187. The zero-order valence-corrected chi connectivity index (χ0v) is 17.7. The molecule has 1 N–H and O–H groups in total. The molecule has 2 amide bonds. The van der Waals surface area contributed by atoms with Gasteiger partial charge in [0.25, 0.3) is 5.91 Å². The van der Waals surface area contributed by atoms with Crippen LogP contribution in [0.5, 0.6) is 0 Å². The van der Waals surface area contributed by atoms with Gasteiger partial charge in [0, 0.05) is 45.3 Å². The number of amidine groups is 1. The number of aliphatic imine (C=N–C) groups is 1. The number of rotatable bonds is 4. The van der Waals surface area contributed by atoms with Gasteiger partial charge in [0.15, 0.2) is 5.17 Å². The second-order valence-corrected chi connectivity index (χ2v) is 8.37. The SMILES string of the molecule is CC(=O)Nc1ccc(/C=C2\SC(N3CCN(Cc4ccccc4)CC3)=NC2=O)cc1. The summed E-state index contributed by atoms with van der Waals surface area (Å²) in [4.78, 5) is 33.0. The van der Waals surface area contributed by atoms with Crippen LogP contribution in [-0.2, 0) is 16.1 Å². The number of thioether (sulfide) groups is 1. The lowest BCUT2D eigenvalue weighted by Gasteiger charge is -2.35. The van der Waals surface area contributed by atoms with Crippen LogP contribution < -0.4 is 5.32 Å². The fraction of sp³-hybridized carbons (Fsp3) is 0.261. The monoisotopic (exact) mass is 420 g/mol. The van der Waals surface area contributed by atoms with Crippen LogP contribution in [-0.4, -0.2) is 53.0 Å². The number of amides is 2. The van der Waals surface area contributed by atoms with Crippen molar-refractivity contribution < 1.29 is 9.59 Å². The van der Waals surface area contributed by atoms with E-state index in [2.05, 4.69) is 44.4 Å². The molecule has 4 rings (SSSR count). The molecule has 0 unspecified atom stereocenters. The Morgan fingerprint density at radius 1 is 1.07 bits per heavy atom. The summed E-state index contributed by atoms with van der Waals surface area (Å²) in [5.41, 5.74) is 2.97. The van der Waals surface area contributed by atoms with Crippen molar-refractivity contribution in [2.45, 2.75) is 13.5 Å². The molecule has 6 nitrogen and oxygen atoms in total. The number of nitrogens with zero attached hydrogens (tertiary/aromatic N) is 3. The summed E-state index contributed by atoms with van der Waals surface area (Å²) in [7, 11) is 0. The minimum Gasteiger partial charge on any atom is -0.348 e. The van der Waals surface area contributed by atoms with Gasteiger partial charge in [-0.1, -0.05) is 42.5 Å². The number of carbonyl (C=O) groups is 2. The van der Waals surface area contributed by atoms with Crippen LogP contribution in [0.4, 0.5) is 5.69 Å². The van der Waals surface area contributed by atoms with Crippen LogP contribution in [0.1, 0.15) is 18.1 Å². The van der Waals surface area contributed by atoms with E-state index in [1.807, 2.05) is 36.4 Å². The predicted molar refractivity (Wildman–Crippen MR) is 122 cm³/mol. The van der Waals surface area contributed by atoms with Crippen molar-refractivity contribution in [1.29, 1.82) is 0 Å². The second-order valence-electron chi connectivity index (χ2n) is 7.36. The van der Waals surface area contributed by atoms with Gasteiger partial charge in [-0.15, -0.1) is 0 Å². The fourth-order valence-corrected chi connectivity index (χ4v) is 4.45. The van der Waals surface area contributed by atoms with Crippen molar-refractivity contribution in [3.8, 4) is 0 Å². The molecule has 2 aliphatic rings. The highest BCUT2D eigenvalue weighted by Gasteiger charge is 2.28. The number of hydrogen-bond donors (Lipinski definition) is 1. The first kappa shape index (κ1) is 20.4. The molecule has 0 aliphatic carbocycles. The van der Waals surface area contributed by atoms with E-state index in [-0.39, 0.29) is 11.8 Å². The molecule has 0 bridgehead atoms. The van der Waals surface area contributed by atoms with Gasteiger partial charge >= 0.3 is 0 Å². The molecule has 2 aromatic carbocycles. The Kier molecular flexibility index (Phi) is 6.30. The molecule has 0 atom stereocenters. The van der Waals surface area contributed by atoms with Crippen molar-refractivity contribution in [1.82, 2.24) is 9.80 Å². The Morgan fingerprint density at radius 2 is 1.77 bits per heavy atom. The summed E-state index contributed by atoms with van der Waals surface area (Å²) in [6.07, 6.45) is 1.85. The van der Waals surface area contributed by atoms with Gasteiger partial charge in [0.2, 0.25) is 5.91 Å². The summed E-state index contributed by atoms with van der Waals surface area (Å²) < 4.78 is 0. The summed E-state index contributed by atoms with van der Waals surface area (Å²) in [5, 5.41) is 3.53. The summed E-state index contributed by atoms with van der Waals surface area (Å²) >= 11 is 1.44. The van der Waals surface area contributed by atoms with Crippen LogP contribution in [0, 0.1) is 0 Å². The van der Waals surface area contributed by atoms with Crippen molar-refractivity contribution in [2.75, 3.05) is 31.5 Å². The highest BCUT2D eigenvalue weighted by molar-refractivity contribution is 8.18. The predicted octanol–water partition coefficient (Wildman–Crippen LogP) is 3.43. The number of nitrogens with one attached hydrogen (secondary N) is 1. The van der Waals surface area contributed by atoms with Crippen molar-refractivity contribution in [3.05, 3.63) is 70.6 Å². The third-order valence-electron chi connectivity index (χ3n) is 5.03. The number of benzene rings is 2. The lowest BCUT2D eigenvalue weighted by Crippen LogP contribution is -2.47. The van der Waals surface area contributed by atoms with Crippen molar-refractivity contribution in [2.24, 2.45) is 4.99 Å². The normalized spacial score (nSPS) is 18.6. The molecule has 0 aromatic heterocycles. The molecular weight excluding hydrogens is 396 g/mol. The van der Waals surface area contributed by atoms with Gasteiger partial charge in [-0.25, -0.2) is 0 Å². The molecule has 2 heterocycles. The lowest BCUT2D eigenvalue weighted by atomic mass is 10.2. The molecule has 0 saturated carbocycles. The summed E-state index contributed by atoms with van der Waals surface area (Å²) in [6.45, 7) is 6.06. The smallest absolute Gasteiger partial charge is 0.286 e. The van der Waals surface area contributed by atoms with Gasteiger partial charge in [0.1, 0.15) is 0 Å². The van der Waals surface area contributed by atoms with Crippen LogP contribution in [0.3, 0.4) is 0 Å². The Bertz CT molecular complexity index is 978. The van der Waals surface area contributed by atoms with E-state index in [1.54, 1.807) is 0 Å². The first-order valence-electron chi connectivity index (χ1n) is 9.98. The largest absolute Gasteiger partial charge is 0.348 e. The Labute approximate surface area is 180 Å². The Hall–Kier alpha value is -2.90. The molecule has 154 valence electrons. The van der Waals surface area contributed by atoms with Crippen LogP contribution in [0.25, 0.3) is 6.08 Å². The summed E-state index contributed by atoms with van der Waals surface area (Å²) in [5.74, 6) is -0.294. The standard InChI is InChI=1S/C23H24N4O2S/c1-17(28)24-20-9-7-18(8-10-20)15-21-22(29)25-23(30-21)27-13-11-26(12-14-27)16-19-5-3-2-4-6-19/h2-10,15H,11-14,16H2,1H3,(H,24,28)/b21-15-. The Balaban J connectivity index is 1.33. The zero-order valence-electron chi connectivity index (χ0n) is 16.9. The van der Waals surface area contributed by atoms with E-state index in [1.165, 1.54) is 24.2 Å².